The Hall–Kier alpha value is -2.21. The summed E-state index contributed by atoms with van der Waals surface area (Å²) in [6.07, 6.45) is -4.19. The average molecular weight is 358 g/mol. The molecule has 0 heterocycles. The third-order valence-corrected chi connectivity index (χ3v) is 3.32. The minimum absolute atomic E-state index is 0.108. The number of hydrogen-bond donors (Lipinski definition) is 1. The van der Waals surface area contributed by atoms with Crippen LogP contribution in [-0.2, 0) is 17.8 Å². The molecular weight excluding hydrogens is 343 g/mol. The molecule has 3 nitrogen and oxygen atoms in total. The molecule has 2 aromatic carbocycles. The maximum atomic E-state index is 12.1. The minimum atomic E-state index is -4.39. The summed E-state index contributed by atoms with van der Waals surface area (Å²) < 4.78 is 41.1. The highest BCUT2D eigenvalue weighted by molar-refractivity contribution is 6.30. The van der Waals surface area contributed by atoms with Crippen molar-refractivity contribution in [1.29, 1.82) is 0 Å². The van der Waals surface area contributed by atoms with Gasteiger partial charge in [0.1, 0.15) is 5.75 Å². The van der Waals surface area contributed by atoms with Gasteiger partial charge in [-0.05, 0) is 35.4 Å². The van der Waals surface area contributed by atoms with Crippen LogP contribution in [0.1, 0.15) is 11.1 Å². The number of hydrogen-bond acceptors (Lipinski definition) is 2. The van der Waals surface area contributed by atoms with Gasteiger partial charge in [-0.25, -0.2) is 0 Å². The fourth-order valence-electron chi connectivity index (χ4n) is 1.96. The third kappa shape index (κ3) is 6.50. The van der Waals surface area contributed by atoms with Crippen LogP contribution >= 0.6 is 11.6 Å². The molecule has 1 amide bonds. The largest absolute Gasteiger partial charge is 0.484 e. The number of benzene rings is 2. The molecule has 0 radical (unpaired) electrons. The van der Waals surface area contributed by atoms with Crippen LogP contribution in [0, 0.1) is 0 Å². The molecule has 128 valence electrons. The number of halogens is 4. The Labute approximate surface area is 142 Å². The van der Waals surface area contributed by atoms with Gasteiger partial charge in [0.2, 0.25) is 5.91 Å². The highest BCUT2D eigenvalue weighted by Gasteiger charge is 2.28. The van der Waals surface area contributed by atoms with Gasteiger partial charge >= 0.3 is 6.18 Å². The lowest BCUT2D eigenvalue weighted by Gasteiger charge is -2.11. The second-order valence-corrected chi connectivity index (χ2v) is 5.57. The number of alkyl halides is 3. The third-order valence-electron chi connectivity index (χ3n) is 3.07. The first kappa shape index (κ1) is 18.1. The van der Waals surface area contributed by atoms with Crippen LogP contribution in [0.4, 0.5) is 13.2 Å². The summed E-state index contributed by atoms with van der Waals surface area (Å²) in [4.78, 5) is 11.9. The van der Waals surface area contributed by atoms with Crippen molar-refractivity contribution >= 4 is 17.5 Å². The molecule has 2 aromatic rings. The van der Waals surface area contributed by atoms with Gasteiger partial charge in [-0.15, -0.1) is 0 Å². The molecule has 0 aliphatic heterocycles. The molecule has 0 fully saturated rings. The lowest BCUT2D eigenvalue weighted by molar-refractivity contribution is -0.153. The lowest BCUT2D eigenvalue weighted by Crippen LogP contribution is -2.24. The van der Waals surface area contributed by atoms with Crippen molar-refractivity contribution < 1.29 is 22.7 Å². The molecule has 0 bridgehead atoms. The molecule has 1 N–H and O–H groups in total. The normalized spacial score (nSPS) is 11.2. The van der Waals surface area contributed by atoms with E-state index in [1.165, 1.54) is 12.1 Å². The zero-order valence-corrected chi connectivity index (χ0v) is 13.3. The first-order valence-corrected chi connectivity index (χ1v) is 7.49. The van der Waals surface area contributed by atoms with Gasteiger partial charge in [0.05, 0.1) is 6.42 Å². The summed E-state index contributed by atoms with van der Waals surface area (Å²) in [6.45, 7) is -1.14. The first-order chi connectivity index (χ1) is 11.3. The van der Waals surface area contributed by atoms with E-state index in [0.29, 0.717) is 10.6 Å². The fourth-order valence-corrected chi connectivity index (χ4v) is 2.09. The van der Waals surface area contributed by atoms with Gasteiger partial charge in [0.25, 0.3) is 0 Å². The van der Waals surface area contributed by atoms with E-state index in [1.54, 1.807) is 36.4 Å². The van der Waals surface area contributed by atoms with Crippen LogP contribution in [0.15, 0.2) is 48.5 Å². The Morgan fingerprint density at radius 3 is 2.46 bits per heavy atom. The number of nitrogens with one attached hydrogen (secondary N) is 1. The highest BCUT2D eigenvalue weighted by atomic mass is 35.5. The smallest absolute Gasteiger partial charge is 0.422 e. The second-order valence-electron chi connectivity index (χ2n) is 5.13. The fraction of sp³-hybridized carbons (Fsp3) is 0.235. The SMILES string of the molecule is O=C(Cc1ccc(Cl)cc1)NCc1cccc(OCC(F)(F)F)c1. The maximum Gasteiger partial charge on any atom is 0.422 e. The number of rotatable bonds is 6. The standard InChI is InChI=1S/C17H15ClF3NO2/c18-14-6-4-12(5-7-14)9-16(23)22-10-13-2-1-3-15(8-13)24-11-17(19,20)21/h1-8H,9-11H2,(H,22,23). The van der Waals surface area contributed by atoms with Crippen molar-refractivity contribution in [3.63, 3.8) is 0 Å². The van der Waals surface area contributed by atoms with E-state index in [2.05, 4.69) is 10.1 Å². The van der Waals surface area contributed by atoms with Crippen LogP contribution in [0.3, 0.4) is 0 Å². The van der Waals surface area contributed by atoms with Crippen molar-refractivity contribution in [2.45, 2.75) is 19.1 Å². The Morgan fingerprint density at radius 2 is 1.79 bits per heavy atom. The molecule has 0 aliphatic rings. The molecule has 0 aliphatic carbocycles. The van der Waals surface area contributed by atoms with E-state index in [-0.39, 0.29) is 24.6 Å². The van der Waals surface area contributed by atoms with Gasteiger partial charge in [-0.2, -0.15) is 13.2 Å². The van der Waals surface area contributed by atoms with Gasteiger partial charge in [-0.1, -0.05) is 35.9 Å². The van der Waals surface area contributed by atoms with Crippen molar-refractivity contribution in [3.05, 3.63) is 64.7 Å². The Balaban J connectivity index is 1.85. The first-order valence-electron chi connectivity index (χ1n) is 7.11. The lowest BCUT2D eigenvalue weighted by atomic mass is 10.1. The van der Waals surface area contributed by atoms with Gasteiger partial charge in [0, 0.05) is 11.6 Å². The molecule has 0 atom stereocenters. The number of amides is 1. The van der Waals surface area contributed by atoms with Gasteiger partial charge in [0.15, 0.2) is 6.61 Å². The summed E-state index contributed by atoms with van der Waals surface area (Å²) in [5, 5.41) is 3.30. The monoisotopic (exact) mass is 357 g/mol. The van der Waals surface area contributed by atoms with E-state index in [1.807, 2.05) is 0 Å². The van der Waals surface area contributed by atoms with Gasteiger partial charge < -0.3 is 10.1 Å². The van der Waals surface area contributed by atoms with Crippen molar-refractivity contribution in [1.82, 2.24) is 5.32 Å². The molecule has 0 spiro atoms. The Bertz CT molecular complexity index is 687. The Kier molecular flexibility index (Phi) is 6.09. The van der Waals surface area contributed by atoms with E-state index in [9.17, 15) is 18.0 Å². The van der Waals surface area contributed by atoms with Crippen LogP contribution in [0.5, 0.6) is 5.75 Å². The molecule has 24 heavy (non-hydrogen) atoms. The predicted molar refractivity (Wildman–Crippen MR) is 85.0 cm³/mol. The Morgan fingerprint density at radius 1 is 1.08 bits per heavy atom. The van der Waals surface area contributed by atoms with Crippen LogP contribution in [0.25, 0.3) is 0 Å². The van der Waals surface area contributed by atoms with E-state index >= 15 is 0 Å². The quantitative estimate of drug-likeness (QED) is 0.843. The second kappa shape index (κ2) is 8.06. The van der Waals surface area contributed by atoms with Crippen LogP contribution in [0.2, 0.25) is 5.02 Å². The zero-order valence-electron chi connectivity index (χ0n) is 12.6. The summed E-state index contributed by atoms with van der Waals surface area (Å²) in [5.41, 5.74) is 1.47. The molecule has 0 aromatic heterocycles. The van der Waals surface area contributed by atoms with E-state index < -0.39 is 12.8 Å². The van der Waals surface area contributed by atoms with Gasteiger partial charge in [-0.3, -0.25) is 4.79 Å². The molecule has 2 rings (SSSR count). The summed E-state index contributed by atoms with van der Waals surface area (Å²) in [7, 11) is 0. The summed E-state index contributed by atoms with van der Waals surface area (Å²) >= 11 is 5.78. The predicted octanol–water partition coefficient (Wildman–Crippen LogP) is 4.14. The highest BCUT2D eigenvalue weighted by Crippen LogP contribution is 2.19. The number of ether oxygens (including phenoxy) is 1. The van der Waals surface area contributed by atoms with Crippen LogP contribution in [-0.4, -0.2) is 18.7 Å². The van der Waals surface area contributed by atoms with Crippen molar-refractivity contribution in [3.8, 4) is 5.75 Å². The molecule has 0 saturated carbocycles. The molecule has 7 heteroatoms. The molecule has 0 saturated heterocycles. The summed E-state index contributed by atoms with van der Waals surface area (Å²) in [6, 6.07) is 13.1. The van der Waals surface area contributed by atoms with Crippen molar-refractivity contribution in [2.75, 3.05) is 6.61 Å². The number of carbonyl (C=O) groups is 1. The van der Waals surface area contributed by atoms with Crippen molar-refractivity contribution in [2.24, 2.45) is 0 Å². The molecular formula is C17H15ClF3NO2. The van der Waals surface area contributed by atoms with E-state index in [4.69, 9.17) is 11.6 Å². The van der Waals surface area contributed by atoms with E-state index in [0.717, 1.165) is 5.56 Å². The summed E-state index contributed by atoms with van der Waals surface area (Å²) in [5.74, 6) is -0.0873. The number of carbonyl (C=O) groups excluding carboxylic acids is 1. The minimum Gasteiger partial charge on any atom is -0.484 e. The molecule has 0 unspecified atom stereocenters. The average Bonchev–Trinajstić information content (AvgIpc) is 2.53. The maximum absolute atomic E-state index is 12.1. The zero-order chi connectivity index (χ0) is 17.6. The van der Waals surface area contributed by atoms with Crippen LogP contribution < -0.4 is 10.1 Å². The topological polar surface area (TPSA) is 38.3 Å².